The van der Waals surface area contributed by atoms with Crippen molar-refractivity contribution < 1.29 is 19.0 Å². The van der Waals surface area contributed by atoms with E-state index in [4.69, 9.17) is 14.2 Å². The maximum atomic E-state index is 12.7. The van der Waals surface area contributed by atoms with E-state index in [-0.39, 0.29) is 29.7 Å². The number of ether oxygens (including phenoxy) is 3. The van der Waals surface area contributed by atoms with Gasteiger partial charge in [-0.3, -0.25) is 5.01 Å². The SMILES string of the molecule is CC(C)CCC[C@@H](C)[C@H]1CC[C@H]2[C@@H]3CC=C4CC(OC(=O)NCCOCCOCCN(/N=N\C(C)C)C(C)C)CC[C@]4(C)[C@H]3CC[C@]12C. The summed E-state index contributed by atoms with van der Waals surface area (Å²) >= 11 is 0. The number of amides is 1. The number of nitrogens with zero attached hydrogens (tertiary/aromatic N) is 3. The topological polar surface area (TPSA) is 84.8 Å². The molecule has 0 aliphatic heterocycles. The first-order chi connectivity index (χ1) is 22.8. The summed E-state index contributed by atoms with van der Waals surface area (Å²) in [6, 6.07) is 0.453. The molecule has 276 valence electrons. The predicted molar refractivity (Wildman–Crippen MR) is 195 cm³/mol. The van der Waals surface area contributed by atoms with E-state index in [9.17, 15) is 4.79 Å². The molecule has 0 aromatic heterocycles. The van der Waals surface area contributed by atoms with Crippen molar-refractivity contribution in [1.82, 2.24) is 10.3 Å². The normalized spacial score (nSPS) is 32.2. The molecule has 1 N–H and O–H groups in total. The Balaban J connectivity index is 1.14. The lowest BCUT2D eigenvalue weighted by Crippen LogP contribution is -2.51. The van der Waals surface area contributed by atoms with E-state index in [1.807, 2.05) is 18.9 Å². The molecule has 4 aliphatic rings. The summed E-state index contributed by atoms with van der Waals surface area (Å²) < 4.78 is 17.3. The fourth-order valence-electron chi connectivity index (χ4n) is 10.2. The first-order valence-corrected chi connectivity index (χ1v) is 19.8. The second-order valence-electron chi connectivity index (χ2n) is 17.3. The quantitative estimate of drug-likeness (QED) is 0.0678. The largest absolute Gasteiger partial charge is 0.446 e. The molecule has 8 atom stereocenters. The number of fused-ring (bicyclic) bond motifs is 5. The predicted octanol–water partition coefficient (Wildman–Crippen LogP) is 9.64. The second kappa shape index (κ2) is 18.0. The van der Waals surface area contributed by atoms with Crippen LogP contribution in [0.2, 0.25) is 0 Å². The van der Waals surface area contributed by atoms with Gasteiger partial charge < -0.3 is 19.5 Å². The molecule has 0 heterocycles. The van der Waals surface area contributed by atoms with Crippen molar-refractivity contribution in [2.75, 3.05) is 39.5 Å². The van der Waals surface area contributed by atoms with Crippen LogP contribution in [0.1, 0.15) is 133 Å². The van der Waals surface area contributed by atoms with Crippen molar-refractivity contribution in [2.24, 2.45) is 56.7 Å². The highest BCUT2D eigenvalue weighted by Crippen LogP contribution is 2.67. The van der Waals surface area contributed by atoms with Crippen LogP contribution in [0, 0.1) is 46.3 Å². The Morgan fingerprint density at radius 3 is 2.40 bits per heavy atom. The zero-order chi connectivity index (χ0) is 34.9. The highest BCUT2D eigenvalue weighted by atomic mass is 16.6. The van der Waals surface area contributed by atoms with Crippen LogP contribution in [-0.2, 0) is 14.2 Å². The van der Waals surface area contributed by atoms with Crippen LogP contribution in [0.3, 0.4) is 0 Å². The van der Waals surface area contributed by atoms with E-state index in [2.05, 4.69) is 70.2 Å². The lowest BCUT2D eigenvalue weighted by molar-refractivity contribution is -0.0581. The zero-order valence-electron chi connectivity index (χ0n) is 32.3. The van der Waals surface area contributed by atoms with Gasteiger partial charge in [0.15, 0.2) is 0 Å². The summed E-state index contributed by atoms with van der Waals surface area (Å²) in [6.45, 7) is 23.9. The molecular formula is C40H72N4O4. The van der Waals surface area contributed by atoms with Gasteiger partial charge in [-0.1, -0.05) is 70.8 Å². The van der Waals surface area contributed by atoms with Crippen LogP contribution >= 0.6 is 0 Å². The highest BCUT2D eigenvalue weighted by molar-refractivity contribution is 5.67. The van der Waals surface area contributed by atoms with Gasteiger partial charge in [-0.2, -0.15) is 5.11 Å². The molecule has 3 saturated carbocycles. The van der Waals surface area contributed by atoms with E-state index in [0.717, 1.165) is 54.8 Å². The Bertz CT molecular complexity index is 1060. The van der Waals surface area contributed by atoms with Crippen LogP contribution in [-0.4, -0.2) is 68.8 Å². The Hall–Kier alpha value is -1.67. The van der Waals surface area contributed by atoms with Gasteiger partial charge in [0.1, 0.15) is 6.10 Å². The third kappa shape index (κ3) is 9.98. The number of rotatable bonds is 18. The second-order valence-corrected chi connectivity index (χ2v) is 17.3. The zero-order valence-corrected chi connectivity index (χ0v) is 32.3. The van der Waals surface area contributed by atoms with E-state index in [1.54, 1.807) is 5.57 Å². The minimum absolute atomic E-state index is 0.0305. The Kier molecular flexibility index (Phi) is 14.7. The molecule has 0 aromatic rings. The average molecular weight is 673 g/mol. The lowest BCUT2D eigenvalue weighted by Gasteiger charge is -2.58. The molecule has 48 heavy (non-hydrogen) atoms. The number of hydrogen-bond donors (Lipinski definition) is 1. The number of carbonyl (C=O) groups is 1. The van der Waals surface area contributed by atoms with Crippen molar-refractivity contribution in [3.63, 3.8) is 0 Å². The number of alkyl carbamates (subject to hydrolysis) is 1. The van der Waals surface area contributed by atoms with Gasteiger partial charge in [0.25, 0.3) is 0 Å². The molecule has 1 amide bonds. The van der Waals surface area contributed by atoms with Crippen molar-refractivity contribution in [3.05, 3.63) is 11.6 Å². The van der Waals surface area contributed by atoms with Crippen molar-refractivity contribution in [3.8, 4) is 0 Å². The summed E-state index contributed by atoms with van der Waals surface area (Å²) in [5, 5.41) is 13.4. The Morgan fingerprint density at radius 2 is 1.69 bits per heavy atom. The smallest absolute Gasteiger partial charge is 0.407 e. The summed E-state index contributed by atoms with van der Waals surface area (Å²) in [7, 11) is 0. The fourth-order valence-corrected chi connectivity index (χ4v) is 10.2. The van der Waals surface area contributed by atoms with Gasteiger partial charge >= 0.3 is 6.09 Å². The molecule has 0 spiro atoms. The highest BCUT2D eigenvalue weighted by Gasteiger charge is 2.59. The minimum atomic E-state index is -0.324. The summed E-state index contributed by atoms with van der Waals surface area (Å²) in [4.78, 5) is 12.7. The van der Waals surface area contributed by atoms with Crippen LogP contribution in [0.25, 0.3) is 0 Å². The van der Waals surface area contributed by atoms with Crippen LogP contribution in [0.4, 0.5) is 4.79 Å². The summed E-state index contributed by atoms with van der Waals surface area (Å²) in [5.41, 5.74) is 2.35. The molecule has 0 bridgehead atoms. The van der Waals surface area contributed by atoms with Crippen molar-refractivity contribution in [1.29, 1.82) is 0 Å². The molecule has 1 unspecified atom stereocenters. The maximum Gasteiger partial charge on any atom is 0.407 e. The Morgan fingerprint density at radius 1 is 0.938 bits per heavy atom. The van der Waals surface area contributed by atoms with E-state index >= 15 is 0 Å². The van der Waals surface area contributed by atoms with Gasteiger partial charge in [0.05, 0.1) is 39.0 Å². The van der Waals surface area contributed by atoms with Crippen LogP contribution < -0.4 is 5.32 Å². The van der Waals surface area contributed by atoms with Crippen LogP contribution in [0.5, 0.6) is 0 Å². The van der Waals surface area contributed by atoms with Gasteiger partial charge in [-0.25, -0.2) is 4.79 Å². The molecule has 4 rings (SSSR count). The van der Waals surface area contributed by atoms with Crippen molar-refractivity contribution in [2.45, 2.75) is 151 Å². The first-order valence-electron chi connectivity index (χ1n) is 19.8. The molecule has 0 radical (unpaired) electrons. The number of nitrogens with one attached hydrogen (secondary N) is 1. The lowest BCUT2D eigenvalue weighted by atomic mass is 9.47. The molecule has 8 heteroatoms. The van der Waals surface area contributed by atoms with E-state index < -0.39 is 0 Å². The van der Waals surface area contributed by atoms with Crippen molar-refractivity contribution >= 4 is 6.09 Å². The minimum Gasteiger partial charge on any atom is -0.446 e. The fraction of sp³-hybridized carbons (Fsp3) is 0.925. The van der Waals surface area contributed by atoms with Gasteiger partial charge in [-0.15, -0.1) is 0 Å². The monoisotopic (exact) mass is 673 g/mol. The van der Waals surface area contributed by atoms with Gasteiger partial charge in [-0.05, 0) is 119 Å². The van der Waals surface area contributed by atoms with Crippen LogP contribution in [0.15, 0.2) is 22.0 Å². The summed E-state index contributed by atoms with van der Waals surface area (Å²) in [6.07, 6.45) is 16.3. The van der Waals surface area contributed by atoms with E-state index in [1.165, 1.54) is 51.4 Å². The summed E-state index contributed by atoms with van der Waals surface area (Å²) in [5.74, 6) is 5.05. The third-order valence-corrected chi connectivity index (χ3v) is 12.9. The molecule has 3 fully saturated rings. The first kappa shape index (κ1) is 39.1. The molecule has 8 nitrogen and oxygen atoms in total. The van der Waals surface area contributed by atoms with Gasteiger partial charge in [0.2, 0.25) is 0 Å². The average Bonchev–Trinajstić information content (AvgIpc) is 3.38. The maximum absolute atomic E-state index is 12.7. The Labute approximate surface area is 293 Å². The van der Waals surface area contributed by atoms with E-state index in [0.29, 0.717) is 44.9 Å². The molecule has 0 aromatic carbocycles. The number of allylic oxidation sites excluding steroid dienone is 1. The van der Waals surface area contributed by atoms with Gasteiger partial charge in [0, 0.05) is 19.0 Å². The molecule has 4 aliphatic carbocycles. The number of hydrogen-bond acceptors (Lipinski definition) is 6. The number of carbonyl (C=O) groups excluding carboxylic acids is 1. The standard InChI is InChI=1S/C40H72N4O4/c1-28(2)11-10-12-31(7)35-15-16-36-34-14-13-32-27-33(17-19-39(32,8)37(34)18-20-40(35,36)9)48-38(45)41-21-23-46-25-26-47-24-22-44(30(5)6)43-42-29(3)4/h13,28-31,33-37H,10-12,14-27H2,1-9H3,(H,41,45)/b43-42-/t31-,33?,34+,35-,36+,37+,39+,40-/m1/s1. The molecular weight excluding hydrogens is 600 g/mol. The third-order valence-electron chi connectivity index (χ3n) is 12.9. The molecule has 0 saturated heterocycles.